The number of likely N-dealkylation sites (tertiary alicyclic amines) is 2. The van der Waals surface area contributed by atoms with Crippen LogP contribution in [-0.2, 0) is 6.54 Å². The van der Waals surface area contributed by atoms with Gasteiger partial charge >= 0.3 is 0 Å². The molecule has 3 rings (SSSR count). The number of nitrogens with one attached hydrogen (secondary N) is 1. The lowest BCUT2D eigenvalue weighted by molar-refractivity contribution is 0.281. The smallest absolute Gasteiger partial charge is 0.194 e. The Bertz CT molecular complexity index is 616. The Kier molecular flexibility index (Phi) is 8.66. The van der Waals surface area contributed by atoms with E-state index < -0.39 is 0 Å². The van der Waals surface area contributed by atoms with E-state index in [2.05, 4.69) is 28.1 Å². The van der Waals surface area contributed by atoms with Gasteiger partial charge in [-0.05, 0) is 62.9 Å². The maximum atomic E-state index is 8.89. The first-order valence-corrected chi connectivity index (χ1v) is 9.53. The summed E-state index contributed by atoms with van der Waals surface area (Å²) in [7, 11) is 0. The van der Waals surface area contributed by atoms with Crippen LogP contribution in [0.1, 0.15) is 37.3 Å². The normalized spacial score (nSPS) is 20.7. The van der Waals surface area contributed by atoms with E-state index in [0.717, 1.165) is 37.1 Å². The van der Waals surface area contributed by atoms with Gasteiger partial charge in [-0.15, -0.1) is 24.0 Å². The van der Waals surface area contributed by atoms with Gasteiger partial charge in [0.05, 0.1) is 18.2 Å². The molecule has 0 spiro atoms. The van der Waals surface area contributed by atoms with Gasteiger partial charge in [-0.2, -0.15) is 5.26 Å². The minimum absolute atomic E-state index is 0. The van der Waals surface area contributed by atoms with Crippen LogP contribution in [0.4, 0.5) is 0 Å². The van der Waals surface area contributed by atoms with Gasteiger partial charge in [-0.3, -0.25) is 0 Å². The first-order chi connectivity index (χ1) is 12.3. The molecule has 0 aliphatic carbocycles. The molecule has 26 heavy (non-hydrogen) atoms. The number of guanidine groups is 1. The Balaban J connectivity index is 0.00000243. The first-order valence-electron chi connectivity index (χ1n) is 9.53. The molecule has 6 heteroatoms. The van der Waals surface area contributed by atoms with Crippen LogP contribution in [-0.4, -0.2) is 55.0 Å². The van der Waals surface area contributed by atoms with Crippen molar-refractivity contribution in [1.82, 2.24) is 15.1 Å². The molecule has 1 aromatic carbocycles. The average Bonchev–Trinajstić information content (AvgIpc) is 3.31. The van der Waals surface area contributed by atoms with E-state index >= 15 is 0 Å². The molecule has 1 atom stereocenters. The van der Waals surface area contributed by atoms with Gasteiger partial charge in [0.1, 0.15) is 0 Å². The van der Waals surface area contributed by atoms with Crippen molar-refractivity contribution in [2.45, 2.75) is 32.7 Å². The molecule has 142 valence electrons. The molecule has 1 unspecified atom stereocenters. The minimum atomic E-state index is 0. The Labute approximate surface area is 174 Å². The lowest BCUT2D eigenvalue weighted by Crippen LogP contribution is -2.40. The fourth-order valence-electron chi connectivity index (χ4n) is 3.78. The van der Waals surface area contributed by atoms with E-state index in [9.17, 15) is 0 Å². The fourth-order valence-corrected chi connectivity index (χ4v) is 3.78. The van der Waals surface area contributed by atoms with Crippen LogP contribution in [0.15, 0.2) is 29.3 Å². The zero-order valence-corrected chi connectivity index (χ0v) is 18.0. The number of nitrogens with zero attached hydrogens (tertiary/aromatic N) is 4. The summed E-state index contributed by atoms with van der Waals surface area (Å²) in [5.41, 5.74) is 1.84. The molecule has 2 heterocycles. The number of nitriles is 1. The monoisotopic (exact) mass is 467 g/mol. The molecule has 2 saturated heterocycles. The predicted octanol–water partition coefficient (Wildman–Crippen LogP) is 3.06. The van der Waals surface area contributed by atoms with Crippen molar-refractivity contribution < 1.29 is 0 Å². The molecule has 0 amide bonds. The molecule has 2 aliphatic rings. The van der Waals surface area contributed by atoms with Crippen LogP contribution in [0.2, 0.25) is 0 Å². The molecule has 2 fully saturated rings. The average molecular weight is 467 g/mol. The van der Waals surface area contributed by atoms with E-state index in [1.165, 1.54) is 38.9 Å². The van der Waals surface area contributed by atoms with E-state index in [1.807, 2.05) is 24.3 Å². The van der Waals surface area contributed by atoms with Crippen molar-refractivity contribution in [1.29, 1.82) is 5.26 Å². The van der Waals surface area contributed by atoms with Crippen molar-refractivity contribution >= 4 is 29.9 Å². The summed E-state index contributed by atoms with van der Waals surface area (Å²) in [5, 5.41) is 12.3. The molecule has 0 radical (unpaired) electrons. The number of rotatable bonds is 5. The van der Waals surface area contributed by atoms with Crippen molar-refractivity contribution in [2.75, 3.05) is 39.3 Å². The molecular formula is C20H30IN5. The van der Waals surface area contributed by atoms with Crippen molar-refractivity contribution in [3.8, 4) is 6.07 Å². The van der Waals surface area contributed by atoms with E-state index in [0.29, 0.717) is 12.1 Å². The predicted molar refractivity (Wildman–Crippen MR) is 117 cm³/mol. The summed E-state index contributed by atoms with van der Waals surface area (Å²) in [6, 6.07) is 9.86. The number of hydrogen-bond donors (Lipinski definition) is 1. The summed E-state index contributed by atoms with van der Waals surface area (Å²) >= 11 is 0. The third-order valence-electron chi connectivity index (χ3n) is 5.13. The Morgan fingerprint density at radius 2 is 1.96 bits per heavy atom. The van der Waals surface area contributed by atoms with Crippen molar-refractivity contribution in [3.63, 3.8) is 0 Å². The summed E-state index contributed by atoms with van der Waals surface area (Å²) in [6.07, 6.45) is 3.99. The molecule has 0 saturated carbocycles. The SMILES string of the molecule is CCNC(=NCc1ccc(C#N)cc1)N1CCC(CN2CCCC2)C1.I. The third kappa shape index (κ3) is 5.85. The highest BCUT2D eigenvalue weighted by molar-refractivity contribution is 14.0. The maximum absolute atomic E-state index is 8.89. The number of hydrogen-bond acceptors (Lipinski definition) is 3. The standard InChI is InChI=1S/C20H29N5.HI/c1-2-22-20(23-14-18-7-5-17(13-21)6-8-18)25-12-9-19(16-25)15-24-10-3-4-11-24;/h5-8,19H,2-4,9-12,14-16H2,1H3,(H,22,23);1H. The molecule has 2 aliphatic heterocycles. The molecule has 1 N–H and O–H groups in total. The second-order valence-electron chi connectivity index (χ2n) is 7.09. The molecule has 5 nitrogen and oxygen atoms in total. The van der Waals surface area contributed by atoms with E-state index in [4.69, 9.17) is 10.3 Å². The summed E-state index contributed by atoms with van der Waals surface area (Å²) in [4.78, 5) is 9.85. The highest BCUT2D eigenvalue weighted by Crippen LogP contribution is 2.20. The number of aliphatic imine (C=N–C) groups is 1. The van der Waals surface area contributed by atoms with Crippen LogP contribution < -0.4 is 5.32 Å². The van der Waals surface area contributed by atoms with Crippen LogP contribution >= 0.6 is 24.0 Å². The van der Waals surface area contributed by atoms with Crippen LogP contribution in [0, 0.1) is 17.2 Å². The Morgan fingerprint density at radius 1 is 1.23 bits per heavy atom. The molecule has 0 aromatic heterocycles. The van der Waals surface area contributed by atoms with Crippen LogP contribution in [0.25, 0.3) is 0 Å². The highest BCUT2D eigenvalue weighted by atomic mass is 127. The summed E-state index contributed by atoms with van der Waals surface area (Å²) in [5.74, 6) is 1.78. The second-order valence-corrected chi connectivity index (χ2v) is 7.09. The Hall–Kier alpha value is -1.33. The van der Waals surface area contributed by atoms with Gasteiger partial charge in [0, 0.05) is 26.2 Å². The van der Waals surface area contributed by atoms with E-state index in [1.54, 1.807) is 0 Å². The third-order valence-corrected chi connectivity index (χ3v) is 5.13. The lowest BCUT2D eigenvalue weighted by Gasteiger charge is -2.23. The number of halogens is 1. The van der Waals surface area contributed by atoms with Crippen LogP contribution in [0.5, 0.6) is 0 Å². The van der Waals surface area contributed by atoms with Crippen molar-refractivity contribution in [2.24, 2.45) is 10.9 Å². The zero-order valence-electron chi connectivity index (χ0n) is 15.7. The second kappa shape index (κ2) is 10.7. The van der Waals surface area contributed by atoms with Crippen molar-refractivity contribution in [3.05, 3.63) is 35.4 Å². The van der Waals surface area contributed by atoms with Gasteiger partial charge in [-0.1, -0.05) is 12.1 Å². The first kappa shape index (κ1) is 21.0. The quantitative estimate of drug-likeness (QED) is 0.411. The van der Waals surface area contributed by atoms with Gasteiger partial charge in [0.2, 0.25) is 0 Å². The maximum Gasteiger partial charge on any atom is 0.194 e. The summed E-state index contributed by atoms with van der Waals surface area (Å²) < 4.78 is 0. The Morgan fingerprint density at radius 3 is 2.62 bits per heavy atom. The largest absolute Gasteiger partial charge is 0.357 e. The topological polar surface area (TPSA) is 54.7 Å². The number of benzene rings is 1. The zero-order chi connectivity index (χ0) is 17.5. The minimum Gasteiger partial charge on any atom is -0.357 e. The lowest BCUT2D eigenvalue weighted by atomic mass is 10.1. The van der Waals surface area contributed by atoms with Gasteiger partial charge < -0.3 is 15.1 Å². The molecular weight excluding hydrogens is 437 g/mol. The highest BCUT2D eigenvalue weighted by Gasteiger charge is 2.27. The summed E-state index contributed by atoms with van der Waals surface area (Å²) in [6.45, 7) is 9.67. The molecule has 1 aromatic rings. The van der Waals surface area contributed by atoms with Crippen LogP contribution in [0.3, 0.4) is 0 Å². The fraction of sp³-hybridized carbons (Fsp3) is 0.600. The van der Waals surface area contributed by atoms with E-state index in [-0.39, 0.29) is 24.0 Å². The van der Waals surface area contributed by atoms with Gasteiger partial charge in [0.25, 0.3) is 0 Å². The molecule has 0 bridgehead atoms. The van der Waals surface area contributed by atoms with Gasteiger partial charge in [-0.25, -0.2) is 4.99 Å². The van der Waals surface area contributed by atoms with Gasteiger partial charge in [0.15, 0.2) is 5.96 Å².